The number of hydrogen-bond donors (Lipinski definition) is 2. The number of anilines is 1. The van der Waals surface area contributed by atoms with Crippen LogP contribution in [0.5, 0.6) is 5.75 Å². The fourth-order valence-electron chi connectivity index (χ4n) is 1.91. The Bertz CT molecular complexity index is 513. The van der Waals surface area contributed by atoms with Gasteiger partial charge in [0.15, 0.2) is 0 Å². The van der Waals surface area contributed by atoms with E-state index in [9.17, 15) is 8.42 Å². The van der Waals surface area contributed by atoms with E-state index in [2.05, 4.69) is 10.0 Å². The minimum Gasteiger partial charge on any atom is -0.494 e. The molecule has 0 unspecified atom stereocenters. The van der Waals surface area contributed by atoms with Gasteiger partial charge < -0.3 is 10.1 Å². The molecular formula is C12H19N3O3S. The molecule has 2 rings (SSSR count). The second-order valence-electron chi connectivity index (χ2n) is 4.22. The third-order valence-corrected chi connectivity index (χ3v) is 4.35. The third kappa shape index (κ3) is 3.82. The lowest BCUT2D eigenvalue weighted by Gasteiger charge is -2.26. The van der Waals surface area contributed by atoms with Gasteiger partial charge in [-0.3, -0.25) is 4.72 Å². The molecule has 1 aromatic rings. The van der Waals surface area contributed by atoms with E-state index in [1.165, 1.54) is 4.31 Å². The SMILES string of the molecule is CCOc1cccc(NS(=O)(=O)N2CCNCC2)c1. The van der Waals surface area contributed by atoms with E-state index >= 15 is 0 Å². The summed E-state index contributed by atoms with van der Waals surface area (Å²) in [6.45, 7) is 4.77. The zero-order chi connectivity index (χ0) is 13.7. The normalized spacial score (nSPS) is 17.1. The molecule has 7 heteroatoms. The van der Waals surface area contributed by atoms with Crippen molar-refractivity contribution in [2.75, 3.05) is 37.5 Å². The first-order valence-electron chi connectivity index (χ1n) is 6.33. The van der Waals surface area contributed by atoms with Crippen LogP contribution in [0.3, 0.4) is 0 Å². The third-order valence-electron chi connectivity index (χ3n) is 2.81. The van der Waals surface area contributed by atoms with Gasteiger partial charge in [-0.05, 0) is 19.1 Å². The molecule has 6 nitrogen and oxygen atoms in total. The Labute approximate surface area is 113 Å². The Morgan fingerprint density at radius 3 is 2.79 bits per heavy atom. The summed E-state index contributed by atoms with van der Waals surface area (Å²) < 4.78 is 33.7. The monoisotopic (exact) mass is 285 g/mol. The van der Waals surface area contributed by atoms with Gasteiger partial charge in [-0.25, -0.2) is 0 Å². The first-order valence-corrected chi connectivity index (χ1v) is 7.77. The van der Waals surface area contributed by atoms with Crippen molar-refractivity contribution >= 4 is 15.9 Å². The van der Waals surface area contributed by atoms with Crippen molar-refractivity contribution in [3.63, 3.8) is 0 Å². The first-order chi connectivity index (χ1) is 9.12. The fourth-order valence-corrected chi connectivity index (χ4v) is 3.13. The lowest BCUT2D eigenvalue weighted by Crippen LogP contribution is -2.48. The lowest BCUT2D eigenvalue weighted by atomic mass is 10.3. The van der Waals surface area contributed by atoms with Crippen LogP contribution in [0.25, 0.3) is 0 Å². The number of nitrogens with zero attached hydrogens (tertiary/aromatic N) is 1. The highest BCUT2D eigenvalue weighted by atomic mass is 32.2. The Morgan fingerprint density at radius 2 is 2.11 bits per heavy atom. The highest BCUT2D eigenvalue weighted by Gasteiger charge is 2.23. The van der Waals surface area contributed by atoms with Crippen LogP contribution in [-0.2, 0) is 10.2 Å². The van der Waals surface area contributed by atoms with Crippen molar-refractivity contribution in [2.24, 2.45) is 0 Å². The summed E-state index contributed by atoms with van der Waals surface area (Å²) in [6, 6.07) is 6.96. The van der Waals surface area contributed by atoms with Crippen LogP contribution in [0.15, 0.2) is 24.3 Å². The molecule has 106 valence electrons. The molecule has 0 amide bonds. The summed E-state index contributed by atoms with van der Waals surface area (Å²) in [5.41, 5.74) is 0.518. The molecule has 0 radical (unpaired) electrons. The van der Waals surface area contributed by atoms with Gasteiger partial charge in [0.25, 0.3) is 0 Å². The Kier molecular flexibility index (Phi) is 4.62. The van der Waals surface area contributed by atoms with Gasteiger partial charge in [-0.1, -0.05) is 6.07 Å². The average Bonchev–Trinajstić information content (AvgIpc) is 2.40. The second-order valence-corrected chi connectivity index (χ2v) is 5.89. The molecule has 0 bridgehead atoms. The molecule has 1 saturated heterocycles. The Hall–Kier alpha value is -1.31. The van der Waals surface area contributed by atoms with Gasteiger partial charge in [-0.15, -0.1) is 0 Å². The lowest BCUT2D eigenvalue weighted by molar-refractivity contribution is 0.340. The fraction of sp³-hybridized carbons (Fsp3) is 0.500. The topological polar surface area (TPSA) is 70.7 Å². The predicted octanol–water partition coefficient (Wildman–Crippen LogP) is 0.647. The van der Waals surface area contributed by atoms with Crippen LogP contribution in [-0.4, -0.2) is 45.5 Å². The van der Waals surface area contributed by atoms with Crippen LogP contribution >= 0.6 is 0 Å². The molecule has 1 aliphatic heterocycles. The quantitative estimate of drug-likeness (QED) is 0.833. The maximum absolute atomic E-state index is 12.2. The molecule has 0 spiro atoms. The molecule has 1 fully saturated rings. The van der Waals surface area contributed by atoms with Crippen molar-refractivity contribution in [3.8, 4) is 5.75 Å². The van der Waals surface area contributed by atoms with Crippen molar-refractivity contribution in [3.05, 3.63) is 24.3 Å². The molecule has 1 heterocycles. The summed E-state index contributed by atoms with van der Waals surface area (Å²) in [7, 11) is -3.48. The number of rotatable bonds is 5. The number of hydrogen-bond acceptors (Lipinski definition) is 4. The minimum absolute atomic E-state index is 0.487. The summed E-state index contributed by atoms with van der Waals surface area (Å²) in [5, 5.41) is 3.12. The number of nitrogens with one attached hydrogen (secondary N) is 2. The van der Waals surface area contributed by atoms with E-state index in [1.54, 1.807) is 24.3 Å². The van der Waals surface area contributed by atoms with Crippen molar-refractivity contribution in [2.45, 2.75) is 6.92 Å². The molecule has 19 heavy (non-hydrogen) atoms. The van der Waals surface area contributed by atoms with Crippen LogP contribution < -0.4 is 14.8 Å². The first kappa shape index (κ1) is 14.1. The van der Waals surface area contributed by atoms with Crippen LogP contribution in [0.2, 0.25) is 0 Å². The highest BCUT2D eigenvalue weighted by Crippen LogP contribution is 2.19. The van der Waals surface area contributed by atoms with Crippen molar-refractivity contribution < 1.29 is 13.2 Å². The van der Waals surface area contributed by atoms with Crippen molar-refractivity contribution in [1.29, 1.82) is 0 Å². The van der Waals surface area contributed by atoms with E-state index in [-0.39, 0.29) is 0 Å². The van der Waals surface area contributed by atoms with Crippen molar-refractivity contribution in [1.82, 2.24) is 9.62 Å². The van der Waals surface area contributed by atoms with Crippen LogP contribution in [0.1, 0.15) is 6.92 Å². The summed E-state index contributed by atoms with van der Waals surface area (Å²) in [5.74, 6) is 0.656. The molecule has 1 aliphatic rings. The standard InChI is InChI=1S/C12H19N3O3S/c1-2-18-12-5-3-4-11(10-12)14-19(16,17)15-8-6-13-7-9-15/h3-5,10,13-14H,2,6-9H2,1H3. The molecule has 0 saturated carbocycles. The molecule has 1 aromatic carbocycles. The summed E-state index contributed by atoms with van der Waals surface area (Å²) in [4.78, 5) is 0. The van der Waals surface area contributed by atoms with E-state index in [0.717, 1.165) is 0 Å². The highest BCUT2D eigenvalue weighted by molar-refractivity contribution is 7.90. The Morgan fingerprint density at radius 1 is 1.37 bits per heavy atom. The smallest absolute Gasteiger partial charge is 0.301 e. The van der Waals surface area contributed by atoms with Gasteiger partial charge in [0.2, 0.25) is 0 Å². The maximum Gasteiger partial charge on any atom is 0.301 e. The van der Waals surface area contributed by atoms with Crippen LogP contribution in [0.4, 0.5) is 5.69 Å². The molecule has 0 atom stereocenters. The van der Waals surface area contributed by atoms with E-state index in [0.29, 0.717) is 44.2 Å². The van der Waals surface area contributed by atoms with E-state index in [1.807, 2.05) is 6.92 Å². The largest absolute Gasteiger partial charge is 0.494 e. The molecule has 2 N–H and O–H groups in total. The Balaban J connectivity index is 2.08. The number of benzene rings is 1. The maximum atomic E-state index is 12.2. The molecule has 0 aliphatic carbocycles. The predicted molar refractivity (Wildman–Crippen MR) is 74.6 cm³/mol. The van der Waals surface area contributed by atoms with Gasteiger partial charge in [0.1, 0.15) is 5.75 Å². The summed E-state index contributed by atoms with van der Waals surface area (Å²) in [6.07, 6.45) is 0. The van der Waals surface area contributed by atoms with E-state index in [4.69, 9.17) is 4.74 Å². The minimum atomic E-state index is -3.48. The van der Waals surface area contributed by atoms with Gasteiger partial charge in [-0.2, -0.15) is 12.7 Å². The summed E-state index contributed by atoms with van der Waals surface area (Å²) >= 11 is 0. The molecule has 0 aromatic heterocycles. The van der Waals surface area contributed by atoms with Gasteiger partial charge >= 0.3 is 10.2 Å². The van der Waals surface area contributed by atoms with E-state index < -0.39 is 10.2 Å². The molecular weight excluding hydrogens is 266 g/mol. The van der Waals surface area contributed by atoms with Gasteiger partial charge in [0, 0.05) is 32.2 Å². The van der Waals surface area contributed by atoms with Crippen LogP contribution in [0, 0.1) is 0 Å². The second kappa shape index (κ2) is 6.23. The van der Waals surface area contributed by atoms with Gasteiger partial charge in [0.05, 0.1) is 12.3 Å². The zero-order valence-corrected chi connectivity index (χ0v) is 11.7. The average molecular weight is 285 g/mol. The number of piperazine rings is 1. The zero-order valence-electron chi connectivity index (χ0n) is 10.9. The number of ether oxygens (including phenoxy) is 1.